The van der Waals surface area contributed by atoms with Crippen molar-refractivity contribution in [2.45, 2.75) is 77.6 Å². The smallest absolute Gasteiger partial charge is 0.314 e. The molecule has 1 aromatic rings. The first-order valence-corrected chi connectivity index (χ1v) is 11.0. The van der Waals surface area contributed by atoms with Crippen LogP contribution >= 0.6 is 0 Å². The third kappa shape index (κ3) is 5.56. The van der Waals surface area contributed by atoms with Crippen molar-refractivity contribution in [3.63, 3.8) is 0 Å². The SMILES string of the molecule is CCCC1CCC(CC2CCC(C(=O)Oc3ccc(C#N)c(F)c3)CC2)CC1. The summed E-state index contributed by atoms with van der Waals surface area (Å²) in [5.41, 5.74) is -0.0379. The van der Waals surface area contributed by atoms with Gasteiger partial charge in [0.1, 0.15) is 17.6 Å². The zero-order valence-electron chi connectivity index (χ0n) is 17.0. The highest BCUT2D eigenvalue weighted by Gasteiger charge is 2.30. The van der Waals surface area contributed by atoms with Gasteiger partial charge in [-0.3, -0.25) is 4.79 Å². The monoisotopic (exact) mass is 385 g/mol. The molecule has 2 fully saturated rings. The molecule has 3 nitrogen and oxygen atoms in total. The van der Waals surface area contributed by atoms with E-state index >= 15 is 0 Å². The van der Waals surface area contributed by atoms with Crippen LogP contribution < -0.4 is 4.74 Å². The van der Waals surface area contributed by atoms with E-state index in [0.29, 0.717) is 0 Å². The third-order valence-electron chi connectivity index (χ3n) is 6.79. The second-order valence-electron chi connectivity index (χ2n) is 8.80. The Bertz CT molecular complexity index is 695. The maximum Gasteiger partial charge on any atom is 0.314 e. The van der Waals surface area contributed by atoms with Gasteiger partial charge >= 0.3 is 5.97 Å². The van der Waals surface area contributed by atoms with Crippen LogP contribution in [-0.4, -0.2) is 5.97 Å². The third-order valence-corrected chi connectivity index (χ3v) is 6.79. The van der Waals surface area contributed by atoms with Crippen molar-refractivity contribution in [3.8, 4) is 11.8 Å². The van der Waals surface area contributed by atoms with Gasteiger partial charge < -0.3 is 4.74 Å². The lowest BCUT2D eigenvalue weighted by Crippen LogP contribution is -2.27. The molecule has 0 unspecified atom stereocenters. The van der Waals surface area contributed by atoms with Crippen molar-refractivity contribution >= 4 is 5.97 Å². The Kier molecular flexibility index (Phi) is 7.48. The first-order chi connectivity index (χ1) is 13.6. The molecular weight excluding hydrogens is 353 g/mol. The van der Waals surface area contributed by atoms with Crippen molar-refractivity contribution in [2.24, 2.45) is 23.7 Å². The zero-order valence-corrected chi connectivity index (χ0v) is 17.0. The summed E-state index contributed by atoms with van der Waals surface area (Å²) < 4.78 is 19.0. The molecule has 152 valence electrons. The van der Waals surface area contributed by atoms with E-state index in [2.05, 4.69) is 6.92 Å². The summed E-state index contributed by atoms with van der Waals surface area (Å²) in [6.07, 6.45) is 13.5. The average Bonchev–Trinajstić information content (AvgIpc) is 2.70. The van der Waals surface area contributed by atoms with Crippen LogP contribution in [0.3, 0.4) is 0 Å². The number of rotatable bonds is 6. The van der Waals surface area contributed by atoms with Crippen LogP contribution in [0.1, 0.15) is 83.1 Å². The van der Waals surface area contributed by atoms with Crippen molar-refractivity contribution < 1.29 is 13.9 Å². The second-order valence-corrected chi connectivity index (χ2v) is 8.80. The molecular formula is C24H32FNO2. The Labute approximate surface area is 168 Å². The number of halogens is 1. The van der Waals surface area contributed by atoms with Crippen molar-refractivity contribution in [1.82, 2.24) is 0 Å². The van der Waals surface area contributed by atoms with Crippen molar-refractivity contribution in [1.29, 1.82) is 5.26 Å². The van der Waals surface area contributed by atoms with E-state index in [0.717, 1.165) is 49.5 Å². The van der Waals surface area contributed by atoms with E-state index in [1.54, 1.807) is 6.07 Å². The molecule has 1 aromatic carbocycles. The second kappa shape index (κ2) is 10.0. The van der Waals surface area contributed by atoms with Gasteiger partial charge in [0.15, 0.2) is 0 Å². The summed E-state index contributed by atoms with van der Waals surface area (Å²) in [5, 5.41) is 8.78. The maximum atomic E-state index is 13.7. The molecule has 0 aromatic heterocycles. The summed E-state index contributed by atoms with van der Waals surface area (Å²) >= 11 is 0. The normalized spacial score (nSPS) is 27.8. The quantitative estimate of drug-likeness (QED) is 0.420. The summed E-state index contributed by atoms with van der Waals surface area (Å²) in [5.74, 6) is 1.77. The van der Waals surface area contributed by atoms with E-state index in [-0.39, 0.29) is 23.2 Å². The molecule has 0 N–H and O–H groups in total. The highest BCUT2D eigenvalue weighted by molar-refractivity contribution is 5.75. The van der Waals surface area contributed by atoms with Crippen LogP contribution in [0, 0.1) is 40.8 Å². The van der Waals surface area contributed by atoms with Gasteiger partial charge in [0.2, 0.25) is 0 Å². The van der Waals surface area contributed by atoms with E-state index in [1.807, 2.05) is 0 Å². The van der Waals surface area contributed by atoms with Gasteiger partial charge in [-0.25, -0.2) is 4.39 Å². The number of carbonyl (C=O) groups excluding carboxylic acids is 1. The molecule has 28 heavy (non-hydrogen) atoms. The summed E-state index contributed by atoms with van der Waals surface area (Å²) in [6, 6.07) is 5.73. The van der Waals surface area contributed by atoms with E-state index in [4.69, 9.17) is 10.00 Å². The largest absolute Gasteiger partial charge is 0.426 e. The maximum absolute atomic E-state index is 13.7. The van der Waals surface area contributed by atoms with Gasteiger partial charge in [-0.15, -0.1) is 0 Å². The lowest BCUT2D eigenvalue weighted by atomic mass is 9.72. The van der Waals surface area contributed by atoms with Gasteiger partial charge in [-0.1, -0.05) is 45.4 Å². The molecule has 2 aliphatic rings. The summed E-state index contributed by atoms with van der Waals surface area (Å²) in [6.45, 7) is 2.29. The van der Waals surface area contributed by atoms with Gasteiger partial charge in [0, 0.05) is 6.07 Å². The zero-order chi connectivity index (χ0) is 19.9. The van der Waals surface area contributed by atoms with Gasteiger partial charge in [-0.05, 0) is 62.0 Å². The predicted molar refractivity (Wildman–Crippen MR) is 107 cm³/mol. The number of esters is 1. The van der Waals surface area contributed by atoms with Crippen LogP contribution in [-0.2, 0) is 4.79 Å². The van der Waals surface area contributed by atoms with Gasteiger partial charge in [-0.2, -0.15) is 5.26 Å². The molecule has 0 amide bonds. The van der Waals surface area contributed by atoms with E-state index < -0.39 is 5.82 Å². The fraction of sp³-hybridized carbons (Fsp3) is 0.667. The molecule has 0 atom stereocenters. The minimum atomic E-state index is -0.648. The number of ether oxygens (including phenoxy) is 1. The van der Waals surface area contributed by atoms with Crippen LogP contribution in [0.2, 0.25) is 0 Å². The minimum Gasteiger partial charge on any atom is -0.426 e. The fourth-order valence-corrected chi connectivity index (χ4v) is 5.12. The number of benzene rings is 1. The molecule has 2 aliphatic carbocycles. The average molecular weight is 386 g/mol. The standard InChI is InChI=1S/C24H32FNO2/c1-2-3-17-4-6-18(7-5-17)14-19-8-10-20(11-9-19)24(27)28-22-13-12-21(16-26)23(25)15-22/h12-13,15,17-20H,2-11,14H2,1H3. The Hall–Kier alpha value is -1.89. The van der Waals surface area contributed by atoms with Crippen molar-refractivity contribution in [3.05, 3.63) is 29.6 Å². The van der Waals surface area contributed by atoms with Crippen LogP contribution in [0.4, 0.5) is 4.39 Å². The molecule has 0 bridgehead atoms. The summed E-state index contributed by atoms with van der Waals surface area (Å²) in [7, 11) is 0. The van der Waals surface area contributed by atoms with E-state index in [9.17, 15) is 9.18 Å². The summed E-state index contributed by atoms with van der Waals surface area (Å²) in [4.78, 5) is 12.4. The van der Waals surface area contributed by atoms with Gasteiger partial charge in [0.25, 0.3) is 0 Å². The fourth-order valence-electron chi connectivity index (χ4n) is 5.12. The number of hydrogen-bond acceptors (Lipinski definition) is 3. The molecule has 0 heterocycles. The molecule has 4 heteroatoms. The molecule has 0 radical (unpaired) electrons. The topological polar surface area (TPSA) is 50.1 Å². The van der Waals surface area contributed by atoms with Gasteiger partial charge in [0.05, 0.1) is 11.5 Å². The Balaban J connectivity index is 1.41. The lowest BCUT2D eigenvalue weighted by Gasteiger charge is -2.33. The Morgan fingerprint density at radius 3 is 2.25 bits per heavy atom. The molecule has 0 spiro atoms. The number of nitrogens with zero attached hydrogens (tertiary/aromatic N) is 1. The first-order valence-electron chi connectivity index (χ1n) is 11.0. The minimum absolute atomic E-state index is 0.0379. The molecule has 2 saturated carbocycles. The van der Waals surface area contributed by atoms with Crippen LogP contribution in [0.15, 0.2) is 18.2 Å². The van der Waals surface area contributed by atoms with Crippen molar-refractivity contribution in [2.75, 3.05) is 0 Å². The predicted octanol–water partition coefficient (Wildman–Crippen LogP) is 6.41. The molecule has 0 aliphatic heterocycles. The highest BCUT2D eigenvalue weighted by Crippen LogP contribution is 2.39. The molecule has 3 rings (SSSR count). The van der Waals surface area contributed by atoms with Crippen LogP contribution in [0.5, 0.6) is 5.75 Å². The Morgan fingerprint density at radius 2 is 1.68 bits per heavy atom. The Morgan fingerprint density at radius 1 is 1.07 bits per heavy atom. The van der Waals surface area contributed by atoms with Crippen LogP contribution in [0.25, 0.3) is 0 Å². The number of hydrogen-bond donors (Lipinski definition) is 0. The first kappa shape index (κ1) is 20.8. The number of nitriles is 1. The highest BCUT2D eigenvalue weighted by atomic mass is 19.1. The number of carbonyl (C=O) groups is 1. The lowest BCUT2D eigenvalue weighted by molar-refractivity contribution is -0.140. The molecule has 0 saturated heterocycles. The van der Waals surface area contributed by atoms with E-state index in [1.165, 1.54) is 57.1 Å².